The Morgan fingerprint density at radius 3 is 2.20 bits per heavy atom. The van der Waals surface area contributed by atoms with Gasteiger partial charge in [0.1, 0.15) is 0 Å². The van der Waals surface area contributed by atoms with Gasteiger partial charge in [-0.05, 0) is 69.3 Å². The van der Waals surface area contributed by atoms with Crippen molar-refractivity contribution in [3.8, 4) is 0 Å². The number of thiol groups is 1. The molecule has 1 aliphatic heterocycles. The van der Waals surface area contributed by atoms with Gasteiger partial charge in [-0.2, -0.15) is 12.6 Å². The smallest absolute Gasteiger partial charge is 0.00160 e. The van der Waals surface area contributed by atoms with Crippen molar-refractivity contribution in [1.29, 1.82) is 0 Å². The molecule has 120 valence electrons. The average Bonchev–Trinajstić information content (AvgIpc) is 2.67. The summed E-state index contributed by atoms with van der Waals surface area (Å²) in [5.74, 6) is 2.92. The van der Waals surface area contributed by atoms with Gasteiger partial charge in [0.05, 0.1) is 0 Å². The van der Waals surface area contributed by atoms with Crippen LogP contribution in [0, 0.1) is 11.8 Å². The van der Waals surface area contributed by atoms with Gasteiger partial charge in [0, 0.05) is 0 Å². The van der Waals surface area contributed by atoms with Crippen LogP contribution in [0.4, 0.5) is 0 Å². The quantitative estimate of drug-likeness (QED) is 0.417. The number of hydrogen-bond donors (Lipinski definition) is 1. The summed E-state index contributed by atoms with van der Waals surface area (Å²) in [6.07, 6.45) is 14.1. The molecule has 1 aliphatic rings. The number of rotatable bonds is 10. The molecule has 1 atom stereocenters. The summed E-state index contributed by atoms with van der Waals surface area (Å²) in [5, 5.41) is 0. The Morgan fingerprint density at radius 2 is 1.55 bits per heavy atom. The number of nitrogens with zero attached hydrogens (tertiary/aromatic N) is 1. The minimum Gasteiger partial charge on any atom is -0.303 e. The fourth-order valence-corrected chi connectivity index (χ4v) is 3.63. The first-order valence-corrected chi connectivity index (χ1v) is 9.70. The standard InChI is InChI=1S/C18H37NS/c1-17(2)18-11-10-14-19(15-12-18)13-8-6-4-3-5-7-9-16-20/h17-18,20H,3-16H2,1-2H3. The third-order valence-electron chi connectivity index (χ3n) is 4.94. The van der Waals surface area contributed by atoms with Crippen molar-refractivity contribution in [1.82, 2.24) is 4.90 Å². The molecule has 0 radical (unpaired) electrons. The topological polar surface area (TPSA) is 3.24 Å². The van der Waals surface area contributed by atoms with Crippen LogP contribution in [0.15, 0.2) is 0 Å². The molecular weight excluding hydrogens is 262 g/mol. The van der Waals surface area contributed by atoms with Crippen molar-refractivity contribution in [2.24, 2.45) is 11.8 Å². The first-order valence-electron chi connectivity index (χ1n) is 9.07. The van der Waals surface area contributed by atoms with Crippen LogP contribution in [0.1, 0.15) is 78.1 Å². The van der Waals surface area contributed by atoms with Gasteiger partial charge >= 0.3 is 0 Å². The first kappa shape index (κ1) is 18.4. The molecule has 1 rings (SSSR count). The molecule has 1 heterocycles. The van der Waals surface area contributed by atoms with Crippen LogP contribution in [0.5, 0.6) is 0 Å². The number of likely N-dealkylation sites (tertiary alicyclic amines) is 1. The zero-order valence-corrected chi connectivity index (χ0v) is 14.8. The van der Waals surface area contributed by atoms with Crippen LogP contribution >= 0.6 is 12.6 Å². The summed E-state index contributed by atoms with van der Waals surface area (Å²) in [6, 6.07) is 0. The Labute approximate surface area is 133 Å². The fourth-order valence-electron chi connectivity index (χ4n) is 3.40. The molecule has 0 spiro atoms. The monoisotopic (exact) mass is 299 g/mol. The summed E-state index contributed by atoms with van der Waals surface area (Å²) in [7, 11) is 0. The molecule has 20 heavy (non-hydrogen) atoms. The van der Waals surface area contributed by atoms with Crippen LogP contribution in [0.3, 0.4) is 0 Å². The van der Waals surface area contributed by atoms with E-state index in [-0.39, 0.29) is 0 Å². The van der Waals surface area contributed by atoms with Gasteiger partial charge in [-0.15, -0.1) is 0 Å². The molecule has 0 aromatic heterocycles. The first-order chi connectivity index (χ1) is 9.74. The normalized spacial score (nSPS) is 21.3. The molecule has 1 saturated heterocycles. The predicted molar refractivity (Wildman–Crippen MR) is 94.8 cm³/mol. The van der Waals surface area contributed by atoms with Crippen molar-refractivity contribution >= 4 is 12.6 Å². The van der Waals surface area contributed by atoms with E-state index in [1.54, 1.807) is 0 Å². The van der Waals surface area contributed by atoms with Crippen molar-refractivity contribution < 1.29 is 0 Å². The van der Waals surface area contributed by atoms with Crippen molar-refractivity contribution in [2.75, 3.05) is 25.4 Å². The van der Waals surface area contributed by atoms with Crippen molar-refractivity contribution in [3.05, 3.63) is 0 Å². The Kier molecular flexibility index (Phi) is 10.9. The zero-order valence-electron chi connectivity index (χ0n) is 13.9. The summed E-state index contributed by atoms with van der Waals surface area (Å²) >= 11 is 4.26. The molecule has 0 aliphatic carbocycles. The molecule has 1 fully saturated rings. The predicted octanol–water partition coefficient (Wildman–Crippen LogP) is 5.41. The second kappa shape index (κ2) is 11.9. The maximum atomic E-state index is 4.26. The number of unbranched alkanes of at least 4 members (excludes halogenated alkanes) is 6. The highest BCUT2D eigenvalue weighted by Crippen LogP contribution is 2.24. The van der Waals surface area contributed by atoms with Crippen LogP contribution in [-0.2, 0) is 0 Å². The molecule has 1 unspecified atom stereocenters. The second-order valence-electron chi connectivity index (χ2n) is 6.98. The highest BCUT2D eigenvalue weighted by molar-refractivity contribution is 7.80. The van der Waals surface area contributed by atoms with Gasteiger partial charge in [-0.25, -0.2) is 0 Å². The molecule has 0 aromatic rings. The fraction of sp³-hybridized carbons (Fsp3) is 1.00. The van der Waals surface area contributed by atoms with Crippen LogP contribution in [0.25, 0.3) is 0 Å². The zero-order chi connectivity index (χ0) is 14.6. The van der Waals surface area contributed by atoms with E-state index in [4.69, 9.17) is 0 Å². The number of hydrogen-bond acceptors (Lipinski definition) is 2. The van der Waals surface area contributed by atoms with Crippen LogP contribution in [-0.4, -0.2) is 30.3 Å². The van der Waals surface area contributed by atoms with Crippen molar-refractivity contribution in [2.45, 2.75) is 78.1 Å². The molecule has 0 aromatic carbocycles. The van der Waals surface area contributed by atoms with Gasteiger partial charge in [0.2, 0.25) is 0 Å². The third-order valence-corrected chi connectivity index (χ3v) is 5.26. The van der Waals surface area contributed by atoms with E-state index in [0.29, 0.717) is 0 Å². The lowest BCUT2D eigenvalue weighted by Gasteiger charge is -2.21. The van der Waals surface area contributed by atoms with E-state index in [2.05, 4.69) is 31.4 Å². The van der Waals surface area contributed by atoms with Crippen LogP contribution in [0.2, 0.25) is 0 Å². The lowest BCUT2D eigenvalue weighted by molar-refractivity contribution is 0.266. The SMILES string of the molecule is CC(C)C1CCCN(CCCCCCCCCS)CC1. The maximum Gasteiger partial charge on any atom is -0.00160 e. The molecule has 1 nitrogen and oxygen atoms in total. The third kappa shape index (κ3) is 8.56. The van der Waals surface area contributed by atoms with E-state index in [9.17, 15) is 0 Å². The molecular formula is C18H37NS. The van der Waals surface area contributed by atoms with E-state index in [1.807, 2.05) is 0 Å². The second-order valence-corrected chi connectivity index (χ2v) is 7.42. The molecule has 2 heteroatoms. The molecule has 0 bridgehead atoms. The van der Waals surface area contributed by atoms with Gasteiger partial charge in [0.25, 0.3) is 0 Å². The van der Waals surface area contributed by atoms with E-state index >= 15 is 0 Å². The molecule has 0 saturated carbocycles. The minimum atomic E-state index is 0.882. The van der Waals surface area contributed by atoms with Gasteiger partial charge < -0.3 is 4.90 Å². The average molecular weight is 300 g/mol. The lowest BCUT2D eigenvalue weighted by atomic mass is 9.89. The Bertz CT molecular complexity index is 217. The maximum absolute atomic E-state index is 4.26. The summed E-state index contributed by atoms with van der Waals surface area (Å²) in [6.45, 7) is 8.85. The summed E-state index contributed by atoms with van der Waals surface area (Å²) in [5.41, 5.74) is 0. The molecule has 0 N–H and O–H groups in total. The van der Waals surface area contributed by atoms with Gasteiger partial charge in [0.15, 0.2) is 0 Å². The van der Waals surface area contributed by atoms with E-state index in [1.165, 1.54) is 83.8 Å². The van der Waals surface area contributed by atoms with E-state index < -0.39 is 0 Å². The highest BCUT2D eigenvalue weighted by atomic mass is 32.1. The molecule has 0 amide bonds. The minimum absolute atomic E-state index is 0.882. The highest BCUT2D eigenvalue weighted by Gasteiger charge is 2.18. The summed E-state index contributed by atoms with van der Waals surface area (Å²) in [4.78, 5) is 2.73. The van der Waals surface area contributed by atoms with Crippen molar-refractivity contribution in [3.63, 3.8) is 0 Å². The van der Waals surface area contributed by atoms with Gasteiger partial charge in [-0.1, -0.05) is 46.0 Å². The Balaban J connectivity index is 1.96. The van der Waals surface area contributed by atoms with E-state index in [0.717, 1.165) is 17.6 Å². The van der Waals surface area contributed by atoms with Crippen LogP contribution < -0.4 is 0 Å². The lowest BCUT2D eigenvalue weighted by Crippen LogP contribution is -2.26. The summed E-state index contributed by atoms with van der Waals surface area (Å²) < 4.78 is 0. The largest absolute Gasteiger partial charge is 0.303 e. The Morgan fingerprint density at radius 1 is 0.900 bits per heavy atom. The van der Waals surface area contributed by atoms with Gasteiger partial charge in [-0.3, -0.25) is 0 Å². The Hall–Kier alpha value is 0.310.